The number of nitrogens with one attached hydrogen (secondary N) is 1. The van der Waals surface area contributed by atoms with Crippen LogP contribution in [0.15, 0.2) is 24.3 Å². The summed E-state index contributed by atoms with van der Waals surface area (Å²) in [6.45, 7) is 3.09. The fourth-order valence-electron chi connectivity index (χ4n) is 3.41. The van der Waals surface area contributed by atoms with Gasteiger partial charge in [0.1, 0.15) is 0 Å². The topological polar surface area (TPSA) is 86.3 Å². The molecule has 1 aromatic carbocycles. The number of benzene rings is 1. The number of amides is 1. The molecule has 1 aromatic heterocycles. The lowest BCUT2D eigenvalue weighted by molar-refractivity contribution is 0.0970. The van der Waals surface area contributed by atoms with Gasteiger partial charge in [0.2, 0.25) is 0 Å². The van der Waals surface area contributed by atoms with Crippen molar-refractivity contribution in [3.8, 4) is 5.69 Å². The Hall–Kier alpha value is -2.60. The van der Waals surface area contributed by atoms with E-state index in [1.165, 1.54) is 0 Å². The molecule has 1 heterocycles. The Morgan fingerprint density at radius 3 is 2.84 bits per heavy atom. The maximum absolute atomic E-state index is 12.2. The van der Waals surface area contributed by atoms with Crippen molar-refractivity contribution in [1.82, 2.24) is 4.57 Å². The molecule has 0 saturated carbocycles. The average Bonchev–Trinajstić information content (AvgIpc) is 2.92. The molecule has 0 unspecified atom stereocenters. The molecule has 3 N–H and O–H groups in total. The number of ketones is 1. The van der Waals surface area contributed by atoms with E-state index in [4.69, 9.17) is 10.5 Å². The van der Waals surface area contributed by atoms with Gasteiger partial charge in [-0.25, -0.2) is 0 Å². The summed E-state index contributed by atoms with van der Waals surface area (Å²) >= 11 is 0. The highest BCUT2D eigenvalue weighted by molar-refractivity contribution is 6.00. The van der Waals surface area contributed by atoms with E-state index in [1.807, 2.05) is 25.1 Å². The van der Waals surface area contributed by atoms with Crippen LogP contribution in [-0.4, -0.2) is 36.5 Å². The normalized spacial score (nSPS) is 13.6. The molecule has 2 aromatic rings. The predicted molar refractivity (Wildman–Crippen MR) is 96.7 cm³/mol. The largest absolute Gasteiger partial charge is 0.383 e. The van der Waals surface area contributed by atoms with Crippen molar-refractivity contribution in [2.75, 3.05) is 25.6 Å². The van der Waals surface area contributed by atoms with Crippen molar-refractivity contribution in [2.45, 2.75) is 26.2 Å². The second-order valence-electron chi connectivity index (χ2n) is 6.27. The Kier molecular flexibility index (Phi) is 4.90. The van der Waals surface area contributed by atoms with Crippen LogP contribution in [0.3, 0.4) is 0 Å². The van der Waals surface area contributed by atoms with E-state index in [0.717, 1.165) is 35.5 Å². The highest BCUT2D eigenvalue weighted by Crippen LogP contribution is 2.30. The fraction of sp³-hybridized carbons (Fsp3) is 0.368. The van der Waals surface area contributed by atoms with Gasteiger partial charge < -0.3 is 20.4 Å². The highest BCUT2D eigenvalue weighted by atomic mass is 16.5. The van der Waals surface area contributed by atoms with E-state index >= 15 is 0 Å². The molecule has 1 aliphatic rings. The summed E-state index contributed by atoms with van der Waals surface area (Å²) in [6, 6.07) is 7.45. The molecule has 0 saturated heterocycles. The zero-order chi connectivity index (χ0) is 18.0. The van der Waals surface area contributed by atoms with E-state index in [-0.39, 0.29) is 5.78 Å². The molecule has 1 aliphatic carbocycles. The van der Waals surface area contributed by atoms with Crippen molar-refractivity contribution in [3.63, 3.8) is 0 Å². The molecule has 0 aliphatic heterocycles. The van der Waals surface area contributed by atoms with Crippen LogP contribution in [-0.2, 0) is 11.2 Å². The van der Waals surface area contributed by atoms with Gasteiger partial charge in [0.15, 0.2) is 5.78 Å². The van der Waals surface area contributed by atoms with Gasteiger partial charge in [-0.15, -0.1) is 0 Å². The molecule has 0 bridgehead atoms. The molecule has 3 rings (SSSR count). The first-order chi connectivity index (χ1) is 12.0. The lowest BCUT2D eigenvalue weighted by atomic mass is 9.96. The van der Waals surface area contributed by atoms with Gasteiger partial charge in [-0.3, -0.25) is 9.59 Å². The van der Waals surface area contributed by atoms with Crippen LogP contribution >= 0.6 is 0 Å². The minimum atomic E-state index is -0.479. The van der Waals surface area contributed by atoms with Gasteiger partial charge >= 0.3 is 0 Å². The number of hydrogen-bond acceptors (Lipinski definition) is 4. The molecule has 25 heavy (non-hydrogen) atoms. The third-order valence-electron chi connectivity index (χ3n) is 4.55. The van der Waals surface area contributed by atoms with E-state index in [0.29, 0.717) is 30.8 Å². The number of anilines is 1. The van der Waals surface area contributed by atoms with Gasteiger partial charge in [-0.2, -0.15) is 0 Å². The number of Topliss-reactive ketones (excluding diaryl/α,β-unsaturated/α-hetero) is 1. The molecule has 0 spiro atoms. The zero-order valence-electron chi connectivity index (χ0n) is 14.6. The van der Waals surface area contributed by atoms with E-state index < -0.39 is 5.91 Å². The number of primary amides is 1. The van der Waals surface area contributed by atoms with Crippen LogP contribution in [0.2, 0.25) is 0 Å². The number of nitrogens with two attached hydrogens (primary N) is 1. The van der Waals surface area contributed by atoms with Gasteiger partial charge in [0, 0.05) is 48.4 Å². The van der Waals surface area contributed by atoms with Gasteiger partial charge in [0.25, 0.3) is 5.91 Å². The highest BCUT2D eigenvalue weighted by Gasteiger charge is 2.23. The van der Waals surface area contributed by atoms with Crippen molar-refractivity contribution < 1.29 is 14.3 Å². The first-order valence-corrected chi connectivity index (χ1v) is 8.44. The number of carbonyl (C=O) groups excluding carboxylic acids is 2. The Bertz CT molecular complexity index is 824. The number of methoxy groups -OCH3 is 1. The smallest absolute Gasteiger partial charge is 0.250 e. The summed E-state index contributed by atoms with van der Waals surface area (Å²) < 4.78 is 7.15. The molecule has 0 radical (unpaired) electrons. The minimum Gasteiger partial charge on any atom is -0.383 e. The SMILES string of the molecule is COCCNc1cc(-n2c(C)cc3c2CCCC3=O)ccc1C(N)=O. The number of aromatic nitrogens is 1. The van der Waals surface area contributed by atoms with E-state index in [9.17, 15) is 9.59 Å². The molecule has 132 valence electrons. The first-order valence-electron chi connectivity index (χ1n) is 8.44. The Balaban J connectivity index is 2.05. The fourth-order valence-corrected chi connectivity index (χ4v) is 3.41. The lowest BCUT2D eigenvalue weighted by Gasteiger charge is -2.18. The third kappa shape index (κ3) is 3.30. The molecular formula is C19H23N3O3. The molecular weight excluding hydrogens is 318 g/mol. The number of carbonyl (C=O) groups is 2. The van der Waals surface area contributed by atoms with E-state index in [1.54, 1.807) is 13.2 Å². The van der Waals surface area contributed by atoms with Crippen LogP contribution in [0.4, 0.5) is 5.69 Å². The van der Waals surface area contributed by atoms with Crippen molar-refractivity contribution in [1.29, 1.82) is 0 Å². The summed E-state index contributed by atoms with van der Waals surface area (Å²) in [5.74, 6) is -0.275. The second-order valence-corrected chi connectivity index (χ2v) is 6.27. The Morgan fingerprint density at radius 2 is 2.12 bits per heavy atom. The van der Waals surface area contributed by atoms with Crippen LogP contribution in [0.25, 0.3) is 5.69 Å². The number of ether oxygens (including phenoxy) is 1. The number of aryl methyl sites for hydroxylation is 1. The third-order valence-corrected chi connectivity index (χ3v) is 4.55. The maximum atomic E-state index is 12.2. The lowest BCUT2D eigenvalue weighted by Crippen LogP contribution is -2.17. The Labute approximate surface area is 147 Å². The summed E-state index contributed by atoms with van der Waals surface area (Å²) in [6.07, 6.45) is 2.35. The van der Waals surface area contributed by atoms with E-state index in [2.05, 4.69) is 9.88 Å². The summed E-state index contributed by atoms with van der Waals surface area (Å²) in [4.78, 5) is 23.9. The van der Waals surface area contributed by atoms with Crippen LogP contribution in [0, 0.1) is 6.92 Å². The second kappa shape index (κ2) is 7.11. The summed E-state index contributed by atoms with van der Waals surface area (Å²) in [7, 11) is 1.62. The molecule has 0 fully saturated rings. The Morgan fingerprint density at radius 1 is 1.32 bits per heavy atom. The molecule has 1 amide bonds. The van der Waals surface area contributed by atoms with Crippen molar-refractivity contribution in [2.24, 2.45) is 5.73 Å². The number of nitrogens with zero attached hydrogens (tertiary/aromatic N) is 1. The average molecular weight is 341 g/mol. The van der Waals surface area contributed by atoms with Gasteiger partial charge in [-0.05, 0) is 44.0 Å². The van der Waals surface area contributed by atoms with Crippen LogP contribution in [0.5, 0.6) is 0 Å². The number of hydrogen-bond donors (Lipinski definition) is 2. The molecule has 6 heteroatoms. The standard InChI is InChI=1S/C19H23N3O3/c1-12-10-15-17(4-3-5-18(15)23)22(12)13-6-7-14(19(20)24)16(11-13)21-8-9-25-2/h6-7,10-11,21H,3-5,8-9H2,1-2H3,(H2,20,24). The summed E-state index contributed by atoms with van der Waals surface area (Å²) in [5.41, 5.74) is 10.4. The molecule has 0 atom stereocenters. The monoisotopic (exact) mass is 341 g/mol. The van der Waals surface area contributed by atoms with Gasteiger partial charge in [0.05, 0.1) is 12.2 Å². The van der Waals surface area contributed by atoms with Crippen LogP contribution < -0.4 is 11.1 Å². The number of fused-ring (bicyclic) bond motifs is 1. The van der Waals surface area contributed by atoms with Crippen molar-refractivity contribution in [3.05, 3.63) is 46.8 Å². The predicted octanol–water partition coefficient (Wildman–Crippen LogP) is 2.46. The minimum absolute atomic E-state index is 0.204. The zero-order valence-corrected chi connectivity index (χ0v) is 14.6. The van der Waals surface area contributed by atoms with Gasteiger partial charge in [-0.1, -0.05) is 0 Å². The number of rotatable bonds is 6. The quantitative estimate of drug-likeness (QED) is 0.790. The molecule has 6 nitrogen and oxygen atoms in total. The van der Waals surface area contributed by atoms with Crippen molar-refractivity contribution >= 4 is 17.4 Å². The first kappa shape index (κ1) is 17.2. The van der Waals surface area contributed by atoms with Crippen LogP contribution in [0.1, 0.15) is 44.9 Å². The maximum Gasteiger partial charge on any atom is 0.250 e. The summed E-state index contributed by atoms with van der Waals surface area (Å²) in [5, 5.41) is 3.20.